The maximum atomic E-state index is 12.1. The summed E-state index contributed by atoms with van der Waals surface area (Å²) >= 11 is 0. The van der Waals surface area contributed by atoms with Crippen molar-refractivity contribution in [3.05, 3.63) is 29.3 Å². The number of benzene rings is 1. The molecule has 1 aromatic carbocycles. The topological polar surface area (TPSA) is 52.6 Å². The standard InChI is InChI=1S/C13H14F2O4/c1-3-11(16)9-6-5-8(19-13(14)15)7-10(9)12(17)18-4-2/h5-7,13H,3-4H2,1-2H3. The molecule has 0 fully saturated rings. The van der Waals surface area contributed by atoms with Gasteiger partial charge in [0.15, 0.2) is 5.78 Å². The first-order valence-electron chi connectivity index (χ1n) is 5.78. The van der Waals surface area contributed by atoms with Crippen LogP contribution in [0.5, 0.6) is 5.75 Å². The van der Waals surface area contributed by atoms with Gasteiger partial charge in [-0.25, -0.2) is 4.79 Å². The summed E-state index contributed by atoms with van der Waals surface area (Å²) in [6.07, 6.45) is 0.196. The van der Waals surface area contributed by atoms with E-state index in [9.17, 15) is 18.4 Å². The zero-order valence-electron chi connectivity index (χ0n) is 10.6. The number of carbonyl (C=O) groups excluding carboxylic acids is 2. The van der Waals surface area contributed by atoms with E-state index in [2.05, 4.69) is 4.74 Å². The lowest BCUT2D eigenvalue weighted by Crippen LogP contribution is -2.12. The molecule has 0 unspecified atom stereocenters. The molecule has 0 atom stereocenters. The van der Waals surface area contributed by atoms with Crippen LogP contribution in [0.2, 0.25) is 0 Å². The average Bonchev–Trinajstić information content (AvgIpc) is 2.37. The number of ether oxygens (including phenoxy) is 2. The van der Waals surface area contributed by atoms with Gasteiger partial charge in [0.1, 0.15) is 5.75 Å². The number of halogens is 2. The number of ketones is 1. The molecule has 0 aromatic heterocycles. The van der Waals surface area contributed by atoms with Gasteiger partial charge in [0.05, 0.1) is 12.2 Å². The zero-order valence-corrected chi connectivity index (χ0v) is 10.6. The molecule has 19 heavy (non-hydrogen) atoms. The van der Waals surface area contributed by atoms with Crippen molar-refractivity contribution in [2.75, 3.05) is 6.61 Å². The number of rotatable bonds is 6. The van der Waals surface area contributed by atoms with Crippen molar-refractivity contribution in [2.24, 2.45) is 0 Å². The fraction of sp³-hybridized carbons (Fsp3) is 0.385. The van der Waals surface area contributed by atoms with Crippen LogP contribution < -0.4 is 4.74 Å². The van der Waals surface area contributed by atoms with Gasteiger partial charge in [-0.05, 0) is 25.1 Å². The van der Waals surface area contributed by atoms with Gasteiger partial charge in [-0.1, -0.05) is 6.92 Å². The van der Waals surface area contributed by atoms with E-state index in [1.807, 2.05) is 0 Å². The summed E-state index contributed by atoms with van der Waals surface area (Å²) in [5.74, 6) is -1.20. The molecule has 1 rings (SSSR count). The summed E-state index contributed by atoms with van der Waals surface area (Å²) in [4.78, 5) is 23.4. The minimum absolute atomic E-state index is 0.0631. The highest BCUT2D eigenvalue weighted by Crippen LogP contribution is 2.22. The zero-order chi connectivity index (χ0) is 14.4. The number of alkyl halides is 2. The summed E-state index contributed by atoms with van der Waals surface area (Å²) in [6, 6.07) is 3.60. The molecule has 4 nitrogen and oxygen atoms in total. The molecule has 0 aliphatic heterocycles. The van der Waals surface area contributed by atoms with Crippen molar-refractivity contribution in [2.45, 2.75) is 26.9 Å². The van der Waals surface area contributed by atoms with Gasteiger partial charge in [0.2, 0.25) is 0 Å². The van der Waals surface area contributed by atoms with Gasteiger partial charge >= 0.3 is 12.6 Å². The van der Waals surface area contributed by atoms with Gasteiger partial charge in [-0.2, -0.15) is 8.78 Å². The Morgan fingerprint density at radius 1 is 1.21 bits per heavy atom. The molecular weight excluding hydrogens is 258 g/mol. The number of carbonyl (C=O) groups is 2. The first kappa shape index (κ1) is 15.1. The Hall–Kier alpha value is -1.98. The maximum Gasteiger partial charge on any atom is 0.387 e. The van der Waals surface area contributed by atoms with Crippen LogP contribution in [-0.2, 0) is 4.74 Å². The van der Waals surface area contributed by atoms with Gasteiger partial charge in [0, 0.05) is 12.0 Å². The van der Waals surface area contributed by atoms with E-state index in [0.29, 0.717) is 0 Å². The van der Waals surface area contributed by atoms with Gasteiger partial charge < -0.3 is 9.47 Å². The number of Topliss-reactive ketones (excluding diaryl/α,β-unsaturated/α-hetero) is 1. The Labute approximate surface area is 109 Å². The molecule has 0 N–H and O–H groups in total. The van der Waals surface area contributed by atoms with Gasteiger partial charge in [-0.3, -0.25) is 4.79 Å². The highest BCUT2D eigenvalue weighted by Gasteiger charge is 2.19. The second-order valence-corrected chi connectivity index (χ2v) is 3.58. The predicted octanol–water partition coefficient (Wildman–Crippen LogP) is 3.06. The van der Waals surface area contributed by atoms with Crippen molar-refractivity contribution in [1.29, 1.82) is 0 Å². The Morgan fingerprint density at radius 3 is 2.42 bits per heavy atom. The molecule has 0 saturated heterocycles. The number of hydrogen-bond acceptors (Lipinski definition) is 4. The molecule has 0 spiro atoms. The van der Waals surface area contributed by atoms with Crippen LogP contribution in [0.4, 0.5) is 8.78 Å². The highest BCUT2D eigenvalue weighted by atomic mass is 19.3. The quantitative estimate of drug-likeness (QED) is 0.590. The van der Waals surface area contributed by atoms with E-state index in [1.165, 1.54) is 12.1 Å². The Balaban J connectivity index is 3.18. The molecule has 6 heteroatoms. The third-order valence-corrected chi connectivity index (χ3v) is 2.33. The normalized spacial score (nSPS) is 10.4. The molecule has 0 saturated carbocycles. The molecule has 0 heterocycles. The third-order valence-electron chi connectivity index (χ3n) is 2.33. The summed E-state index contributed by atoms with van der Waals surface area (Å²) < 4.78 is 33.2. The number of esters is 1. The summed E-state index contributed by atoms with van der Waals surface area (Å²) in [5.41, 5.74) is 0.0782. The lowest BCUT2D eigenvalue weighted by Gasteiger charge is -2.10. The molecule has 104 valence electrons. The van der Waals surface area contributed by atoms with Crippen LogP contribution in [-0.4, -0.2) is 25.0 Å². The van der Waals surface area contributed by atoms with Crippen LogP contribution in [0.25, 0.3) is 0 Å². The second kappa shape index (κ2) is 6.82. The lowest BCUT2D eigenvalue weighted by molar-refractivity contribution is -0.0499. The van der Waals surface area contributed by atoms with E-state index in [0.717, 1.165) is 6.07 Å². The fourth-order valence-electron chi connectivity index (χ4n) is 1.51. The summed E-state index contributed by atoms with van der Waals surface area (Å²) in [6.45, 7) is 0.376. The first-order valence-corrected chi connectivity index (χ1v) is 5.78. The van der Waals surface area contributed by atoms with Crippen LogP contribution in [0.15, 0.2) is 18.2 Å². The minimum Gasteiger partial charge on any atom is -0.462 e. The van der Waals surface area contributed by atoms with Crippen molar-refractivity contribution in [1.82, 2.24) is 0 Å². The van der Waals surface area contributed by atoms with Crippen molar-refractivity contribution in [3.8, 4) is 5.75 Å². The molecule has 0 amide bonds. The Bertz CT molecular complexity index is 472. The van der Waals surface area contributed by atoms with Crippen LogP contribution in [0.1, 0.15) is 41.0 Å². The van der Waals surface area contributed by atoms with Crippen molar-refractivity contribution >= 4 is 11.8 Å². The first-order chi connectivity index (χ1) is 8.99. The van der Waals surface area contributed by atoms with Gasteiger partial charge in [-0.15, -0.1) is 0 Å². The third kappa shape index (κ3) is 4.01. The Morgan fingerprint density at radius 2 is 1.89 bits per heavy atom. The lowest BCUT2D eigenvalue weighted by atomic mass is 10.0. The minimum atomic E-state index is -3.00. The van der Waals surface area contributed by atoms with Crippen LogP contribution in [0.3, 0.4) is 0 Å². The predicted molar refractivity (Wildman–Crippen MR) is 63.7 cm³/mol. The van der Waals surface area contributed by atoms with E-state index in [-0.39, 0.29) is 35.7 Å². The summed E-state index contributed by atoms with van der Waals surface area (Å²) in [5, 5.41) is 0. The van der Waals surface area contributed by atoms with Crippen LogP contribution in [0, 0.1) is 0 Å². The highest BCUT2D eigenvalue weighted by molar-refractivity contribution is 6.06. The molecule has 1 aromatic rings. The van der Waals surface area contributed by atoms with E-state index in [1.54, 1.807) is 13.8 Å². The maximum absolute atomic E-state index is 12.1. The van der Waals surface area contributed by atoms with E-state index in [4.69, 9.17) is 4.74 Å². The number of hydrogen-bond donors (Lipinski definition) is 0. The molecule has 0 bridgehead atoms. The second-order valence-electron chi connectivity index (χ2n) is 3.58. The SMILES string of the molecule is CCOC(=O)c1cc(OC(F)F)ccc1C(=O)CC. The fourth-order valence-corrected chi connectivity index (χ4v) is 1.51. The average molecular weight is 272 g/mol. The van der Waals surface area contributed by atoms with E-state index >= 15 is 0 Å². The molecule has 0 radical (unpaired) electrons. The van der Waals surface area contributed by atoms with E-state index < -0.39 is 12.6 Å². The van der Waals surface area contributed by atoms with Crippen molar-refractivity contribution in [3.63, 3.8) is 0 Å². The monoisotopic (exact) mass is 272 g/mol. The largest absolute Gasteiger partial charge is 0.462 e. The van der Waals surface area contributed by atoms with Gasteiger partial charge in [0.25, 0.3) is 0 Å². The van der Waals surface area contributed by atoms with Crippen molar-refractivity contribution < 1.29 is 27.8 Å². The smallest absolute Gasteiger partial charge is 0.387 e. The molecular formula is C13H14F2O4. The molecule has 0 aliphatic rings. The van der Waals surface area contributed by atoms with Crippen LogP contribution >= 0.6 is 0 Å². The molecule has 0 aliphatic carbocycles. The summed E-state index contributed by atoms with van der Waals surface area (Å²) in [7, 11) is 0. The Kier molecular flexibility index (Phi) is 5.41.